The first-order valence-electron chi connectivity index (χ1n) is 17.7. The number of rotatable bonds is 31. The van der Waals surface area contributed by atoms with Crippen LogP contribution in [0.5, 0.6) is 0 Å². The third-order valence-electron chi connectivity index (χ3n) is 8.10. The molecule has 0 aliphatic heterocycles. The summed E-state index contributed by atoms with van der Waals surface area (Å²) in [7, 11) is 4.12. The van der Waals surface area contributed by atoms with Crippen molar-refractivity contribution in [2.24, 2.45) is 0 Å². The number of unbranched alkanes of at least 4 members (excludes halogenated alkanes) is 20. The van der Waals surface area contributed by atoms with E-state index in [9.17, 15) is 4.79 Å². The Bertz CT molecular complexity index is 506. The van der Waals surface area contributed by atoms with Crippen LogP contribution in [-0.2, 0) is 4.79 Å². The quantitative estimate of drug-likeness (QED) is 0.0690. The molecule has 0 aliphatic carbocycles. The van der Waals surface area contributed by atoms with Crippen LogP contribution in [0.15, 0.2) is 11.6 Å². The lowest BCUT2D eigenvalue weighted by Crippen LogP contribution is -2.25. The molecule has 0 spiro atoms. The second-order valence-electron chi connectivity index (χ2n) is 12.5. The summed E-state index contributed by atoms with van der Waals surface area (Å²) in [4.78, 5) is 14.0. The SMILES string of the molecule is CCCCCCCCCCC(=CCCCCCCCCNC(=O)CCCN(C)C)CCCCCCCCCC. The average Bonchev–Trinajstić information content (AvgIpc) is 2.91. The van der Waals surface area contributed by atoms with E-state index in [1.807, 2.05) is 0 Å². The number of carbonyl (C=O) groups is 1. The van der Waals surface area contributed by atoms with Crippen LogP contribution in [0.3, 0.4) is 0 Å². The molecule has 0 bridgehead atoms. The molecule has 0 aromatic carbocycles. The van der Waals surface area contributed by atoms with Crippen LogP contribution in [0, 0.1) is 0 Å². The summed E-state index contributed by atoms with van der Waals surface area (Å²) in [6.45, 7) is 6.45. The highest BCUT2D eigenvalue weighted by Crippen LogP contribution is 2.20. The number of allylic oxidation sites excluding steroid dienone is 2. The van der Waals surface area contributed by atoms with Crippen molar-refractivity contribution in [1.82, 2.24) is 10.2 Å². The lowest BCUT2D eigenvalue weighted by molar-refractivity contribution is -0.121. The van der Waals surface area contributed by atoms with Gasteiger partial charge >= 0.3 is 0 Å². The number of nitrogens with one attached hydrogen (secondary N) is 1. The first-order chi connectivity index (χ1) is 19.1. The predicted molar refractivity (Wildman–Crippen MR) is 176 cm³/mol. The van der Waals surface area contributed by atoms with Crippen LogP contribution in [0.4, 0.5) is 0 Å². The number of carbonyl (C=O) groups excluding carboxylic acids is 1. The Kier molecular flexibility index (Phi) is 31.0. The Morgan fingerprint density at radius 3 is 1.46 bits per heavy atom. The first kappa shape index (κ1) is 38.2. The van der Waals surface area contributed by atoms with E-state index in [0.717, 1.165) is 25.9 Å². The van der Waals surface area contributed by atoms with Gasteiger partial charge in [0.15, 0.2) is 0 Å². The number of nitrogens with zero attached hydrogens (tertiary/aromatic N) is 1. The van der Waals surface area contributed by atoms with Crippen LogP contribution in [0.2, 0.25) is 0 Å². The fraction of sp³-hybridized carbons (Fsp3) is 0.917. The number of hydrogen-bond acceptors (Lipinski definition) is 2. The van der Waals surface area contributed by atoms with Crippen LogP contribution < -0.4 is 5.32 Å². The monoisotopic (exact) mass is 549 g/mol. The molecule has 3 nitrogen and oxygen atoms in total. The maximum absolute atomic E-state index is 11.8. The van der Waals surface area contributed by atoms with E-state index in [-0.39, 0.29) is 5.91 Å². The zero-order valence-corrected chi connectivity index (χ0v) is 27.4. The van der Waals surface area contributed by atoms with Gasteiger partial charge in [-0.2, -0.15) is 0 Å². The fourth-order valence-corrected chi connectivity index (χ4v) is 5.46. The molecule has 1 N–H and O–H groups in total. The largest absolute Gasteiger partial charge is 0.356 e. The topological polar surface area (TPSA) is 32.3 Å². The summed E-state index contributed by atoms with van der Waals surface area (Å²) in [5.41, 5.74) is 1.77. The molecule has 0 aromatic rings. The van der Waals surface area contributed by atoms with Crippen LogP contribution >= 0.6 is 0 Å². The third kappa shape index (κ3) is 31.6. The van der Waals surface area contributed by atoms with Crippen molar-refractivity contribution in [3.8, 4) is 0 Å². The Labute approximate surface area is 246 Å². The van der Waals surface area contributed by atoms with Crippen molar-refractivity contribution >= 4 is 5.91 Å². The summed E-state index contributed by atoms with van der Waals surface area (Å²) in [5.74, 6) is 0.221. The maximum atomic E-state index is 11.8. The minimum absolute atomic E-state index is 0.221. The minimum atomic E-state index is 0.221. The molecule has 1 amide bonds. The zero-order chi connectivity index (χ0) is 28.7. The molecule has 232 valence electrons. The van der Waals surface area contributed by atoms with Gasteiger partial charge in [-0.1, -0.05) is 141 Å². The molecule has 0 fully saturated rings. The van der Waals surface area contributed by atoms with E-state index < -0.39 is 0 Å². The second kappa shape index (κ2) is 31.7. The van der Waals surface area contributed by atoms with E-state index in [0.29, 0.717) is 6.42 Å². The van der Waals surface area contributed by atoms with Crippen molar-refractivity contribution in [2.75, 3.05) is 27.2 Å². The Morgan fingerprint density at radius 2 is 0.974 bits per heavy atom. The van der Waals surface area contributed by atoms with E-state index in [2.05, 4.69) is 44.2 Å². The molecule has 0 radical (unpaired) electrons. The molecule has 0 aromatic heterocycles. The molecule has 0 aliphatic rings. The van der Waals surface area contributed by atoms with Gasteiger partial charge in [-0.05, 0) is 72.0 Å². The molecular formula is C36H72N2O. The summed E-state index contributed by atoms with van der Waals surface area (Å²) in [6.07, 6.45) is 38.7. The molecule has 3 heteroatoms. The lowest BCUT2D eigenvalue weighted by Gasteiger charge is -2.09. The molecule has 39 heavy (non-hydrogen) atoms. The van der Waals surface area contributed by atoms with Crippen molar-refractivity contribution in [2.45, 2.75) is 187 Å². The van der Waals surface area contributed by atoms with Crippen molar-refractivity contribution in [3.63, 3.8) is 0 Å². The lowest BCUT2D eigenvalue weighted by atomic mass is 9.97. The Balaban J connectivity index is 3.96. The highest BCUT2D eigenvalue weighted by atomic mass is 16.1. The van der Waals surface area contributed by atoms with E-state index in [1.165, 1.54) is 154 Å². The van der Waals surface area contributed by atoms with Gasteiger partial charge in [0, 0.05) is 13.0 Å². The second-order valence-corrected chi connectivity index (χ2v) is 12.5. The van der Waals surface area contributed by atoms with E-state index in [4.69, 9.17) is 0 Å². The predicted octanol–water partition coefficient (Wildman–Crippen LogP) is 11.2. The smallest absolute Gasteiger partial charge is 0.220 e. The first-order valence-corrected chi connectivity index (χ1v) is 17.7. The standard InChI is InChI=1S/C36H72N2O/c1-5-7-9-11-13-16-20-24-29-35(30-25-21-17-14-12-10-8-6-2)31-26-22-18-15-19-23-27-33-37-36(39)32-28-34-38(3)4/h31H,5-30,32-34H2,1-4H3,(H,37,39). The molecule has 0 rings (SSSR count). The van der Waals surface area contributed by atoms with Crippen molar-refractivity contribution in [1.29, 1.82) is 0 Å². The normalized spacial score (nSPS) is 11.3. The van der Waals surface area contributed by atoms with Gasteiger partial charge in [0.05, 0.1) is 0 Å². The van der Waals surface area contributed by atoms with Gasteiger partial charge < -0.3 is 10.2 Å². The van der Waals surface area contributed by atoms with E-state index in [1.54, 1.807) is 5.57 Å². The van der Waals surface area contributed by atoms with Crippen LogP contribution in [0.25, 0.3) is 0 Å². The zero-order valence-electron chi connectivity index (χ0n) is 27.4. The Hall–Kier alpha value is -0.830. The van der Waals surface area contributed by atoms with E-state index >= 15 is 0 Å². The highest BCUT2D eigenvalue weighted by Gasteiger charge is 2.02. The summed E-state index contributed by atoms with van der Waals surface area (Å²) in [6, 6.07) is 0. The maximum Gasteiger partial charge on any atom is 0.220 e. The fourth-order valence-electron chi connectivity index (χ4n) is 5.46. The molecule has 0 atom stereocenters. The molecule has 0 unspecified atom stereocenters. The van der Waals surface area contributed by atoms with Gasteiger partial charge in [-0.3, -0.25) is 4.79 Å². The van der Waals surface area contributed by atoms with Crippen LogP contribution in [0.1, 0.15) is 187 Å². The molecule has 0 heterocycles. The summed E-state index contributed by atoms with van der Waals surface area (Å²) in [5, 5.41) is 3.09. The van der Waals surface area contributed by atoms with Crippen molar-refractivity contribution in [3.05, 3.63) is 11.6 Å². The van der Waals surface area contributed by atoms with Gasteiger partial charge in [-0.15, -0.1) is 0 Å². The summed E-state index contributed by atoms with van der Waals surface area (Å²) < 4.78 is 0. The van der Waals surface area contributed by atoms with Gasteiger partial charge in [0.1, 0.15) is 0 Å². The highest BCUT2D eigenvalue weighted by molar-refractivity contribution is 5.75. The number of amides is 1. The van der Waals surface area contributed by atoms with Gasteiger partial charge in [-0.25, -0.2) is 0 Å². The minimum Gasteiger partial charge on any atom is -0.356 e. The molecule has 0 saturated carbocycles. The summed E-state index contributed by atoms with van der Waals surface area (Å²) >= 11 is 0. The van der Waals surface area contributed by atoms with Gasteiger partial charge in [0.25, 0.3) is 0 Å². The van der Waals surface area contributed by atoms with Gasteiger partial charge in [0.2, 0.25) is 5.91 Å². The molecular weight excluding hydrogens is 476 g/mol. The Morgan fingerprint density at radius 1 is 0.538 bits per heavy atom. The van der Waals surface area contributed by atoms with Crippen LogP contribution in [-0.4, -0.2) is 38.0 Å². The van der Waals surface area contributed by atoms with Crippen molar-refractivity contribution < 1.29 is 4.79 Å². The molecule has 0 saturated heterocycles. The number of hydrogen-bond donors (Lipinski definition) is 1. The average molecular weight is 549 g/mol. The third-order valence-corrected chi connectivity index (χ3v) is 8.10.